The van der Waals surface area contributed by atoms with E-state index >= 15 is 0 Å². The average molecular weight is 252 g/mol. The van der Waals surface area contributed by atoms with Gasteiger partial charge >= 0.3 is 0 Å². The molecule has 0 aromatic carbocycles. The lowest BCUT2D eigenvalue weighted by atomic mass is 9.98. The molecule has 0 amide bonds. The minimum absolute atomic E-state index is 0.784. The first kappa shape index (κ1) is 14.3. The van der Waals surface area contributed by atoms with Gasteiger partial charge in [-0.3, -0.25) is 4.90 Å². The molecule has 18 heavy (non-hydrogen) atoms. The van der Waals surface area contributed by atoms with E-state index in [-0.39, 0.29) is 0 Å². The minimum atomic E-state index is 0.784. The lowest BCUT2D eigenvalue weighted by Gasteiger charge is -2.39. The molecule has 1 aliphatic heterocycles. The van der Waals surface area contributed by atoms with E-state index in [1.807, 2.05) is 0 Å². The van der Waals surface area contributed by atoms with Crippen molar-refractivity contribution >= 4 is 0 Å². The fourth-order valence-electron chi connectivity index (χ4n) is 3.34. The molecule has 1 saturated carbocycles. The van der Waals surface area contributed by atoms with Crippen LogP contribution in [-0.4, -0.2) is 36.1 Å². The fraction of sp³-hybridized carbons (Fsp3) is 1.00. The summed E-state index contributed by atoms with van der Waals surface area (Å²) in [4.78, 5) is 2.79. The summed E-state index contributed by atoms with van der Waals surface area (Å²) in [6, 6.07) is 2.52. The van der Waals surface area contributed by atoms with Gasteiger partial charge in [0.15, 0.2) is 0 Å². The number of nitrogens with zero attached hydrogens (tertiary/aromatic N) is 1. The van der Waals surface area contributed by atoms with Crippen molar-refractivity contribution in [3.05, 3.63) is 0 Å². The fourth-order valence-corrected chi connectivity index (χ4v) is 3.34. The Kier molecular flexibility index (Phi) is 5.97. The molecular formula is C16H32N2. The van der Waals surface area contributed by atoms with Crippen molar-refractivity contribution in [3.63, 3.8) is 0 Å². The van der Waals surface area contributed by atoms with Crippen molar-refractivity contribution in [3.8, 4) is 0 Å². The van der Waals surface area contributed by atoms with Crippen LogP contribution in [0.2, 0.25) is 0 Å². The van der Waals surface area contributed by atoms with Crippen LogP contribution in [-0.2, 0) is 0 Å². The molecule has 1 heterocycles. The summed E-state index contributed by atoms with van der Waals surface area (Å²) < 4.78 is 0. The monoisotopic (exact) mass is 252 g/mol. The van der Waals surface area contributed by atoms with E-state index in [9.17, 15) is 0 Å². The molecule has 1 N–H and O–H groups in total. The zero-order chi connectivity index (χ0) is 12.8. The second-order valence-corrected chi connectivity index (χ2v) is 6.36. The van der Waals surface area contributed by atoms with E-state index in [4.69, 9.17) is 0 Å². The summed E-state index contributed by atoms with van der Waals surface area (Å²) in [6.07, 6.45) is 12.5. The van der Waals surface area contributed by atoms with E-state index < -0.39 is 0 Å². The van der Waals surface area contributed by atoms with E-state index in [1.54, 1.807) is 0 Å². The number of hydrogen-bond donors (Lipinski definition) is 1. The van der Waals surface area contributed by atoms with Crippen LogP contribution in [0.5, 0.6) is 0 Å². The Morgan fingerprint density at radius 3 is 2.56 bits per heavy atom. The van der Waals surface area contributed by atoms with Gasteiger partial charge in [-0.1, -0.05) is 33.1 Å². The third-order valence-electron chi connectivity index (χ3n) is 4.53. The van der Waals surface area contributed by atoms with Crippen molar-refractivity contribution in [2.24, 2.45) is 0 Å². The average Bonchev–Trinajstić information content (AvgIpc) is 3.19. The van der Waals surface area contributed by atoms with Gasteiger partial charge in [0.25, 0.3) is 0 Å². The molecule has 2 rings (SSSR count). The lowest BCUT2D eigenvalue weighted by Crippen LogP contribution is -2.50. The number of unbranched alkanes of at least 4 members (excludes halogenated alkanes) is 1. The maximum atomic E-state index is 3.83. The van der Waals surface area contributed by atoms with Gasteiger partial charge < -0.3 is 5.32 Å². The summed E-state index contributed by atoms with van der Waals surface area (Å²) in [5.74, 6) is 0. The second-order valence-electron chi connectivity index (χ2n) is 6.36. The van der Waals surface area contributed by atoms with E-state index in [2.05, 4.69) is 24.1 Å². The first-order valence-electron chi connectivity index (χ1n) is 8.33. The number of likely N-dealkylation sites (tertiary alicyclic amines) is 1. The summed E-state index contributed by atoms with van der Waals surface area (Å²) in [5.41, 5.74) is 0. The van der Waals surface area contributed by atoms with Crippen LogP contribution in [0.3, 0.4) is 0 Å². The molecule has 1 saturated heterocycles. The predicted molar refractivity (Wildman–Crippen MR) is 79.0 cm³/mol. The number of nitrogens with one attached hydrogen (secondary N) is 1. The number of hydrogen-bond acceptors (Lipinski definition) is 2. The topological polar surface area (TPSA) is 15.3 Å². The summed E-state index contributed by atoms with van der Waals surface area (Å²) in [6.45, 7) is 7.31. The van der Waals surface area contributed by atoms with Crippen LogP contribution >= 0.6 is 0 Å². The Hall–Kier alpha value is -0.0800. The first-order chi connectivity index (χ1) is 8.83. The van der Waals surface area contributed by atoms with Crippen LogP contribution in [0.4, 0.5) is 0 Å². The van der Waals surface area contributed by atoms with Gasteiger partial charge in [0.2, 0.25) is 0 Å². The molecule has 0 aromatic heterocycles. The van der Waals surface area contributed by atoms with Crippen LogP contribution in [0.25, 0.3) is 0 Å². The van der Waals surface area contributed by atoms with Gasteiger partial charge in [0.05, 0.1) is 0 Å². The molecule has 2 nitrogen and oxygen atoms in total. The number of piperidine rings is 1. The SMILES string of the molecule is CCCCC(CCC)N1CCCC(NC2CC2)C1. The van der Waals surface area contributed by atoms with Gasteiger partial charge in [-0.15, -0.1) is 0 Å². The maximum Gasteiger partial charge on any atom is 0.0198 e. The third kappa shape index (κ3) is 4.55. The molecule has 106 valence electrons. The molecule has 0 aromatic rings. The molecule has 2 atom stereocenters. The quantitative estimate of drug-likeness (QED) is 0.710. The van der Waals surface area contributed by atoms with E-state index in [0.717, 1.165) is 18.1 Å². The van der Waals surface area contributed by atoms with Crippen molar-refractivity contribution < 1.29 is 0 Å². The summed E-state index contributed by atoms with van der Waals surface area (Å²) in [7, 11) is 0. The maximum absolute atomic E-state index is 3.83. The van der Waals surface area contributed by atoms with Crippen molar-refractivity contribution in [2.75, 3.05) is 13.1 Å². The third-order valence-corrected chi connectivity index (χ3v) is 4.53. The molecule has 2 heteroatoms. The van der Waals surface area contributed by atoms with Crippen molar-refractivity contribution in [1.29, 1.82) is 0 Å². The molecule has 0 radical (unpaired) electrons. The molecule has 1 aliphatic carbocycles. The molecule has 2 fully saturated rings. The highest BCUT2D eigenvalue weighted by atomic mass is 15.2. The molecule has 0 spiro atoms. The first-order valence-corrected chi connectivity index (χ1v) is 8.33. The minimum Gasteiger partial charge on any atom is -0.310 e. The zero-order valence-corrected chi connectivity index (χ0v) is 12.5. The van der Waals surface area contributed by atoms with Gasteiger partial charge in [0.1, 0.15) is 0 Å². The Balaban J connectivity index is 1.79. The predicted octanol–water partition coefficient (Wildman–Crippen LogP) is 3.56. The van der Waals surface area contributed by atoms with E-state index in [0.29, 0.717) is 0 Å². The highest BCUT2D eigenvalue weighted by Crippen LogP contribution is 2.24. The van der Waals surface area contributed by atoms with Gasteiger partial charge in [-0.2, -0.15) is 0 Å². The lowest BCUT2D eigenvalue weighted by molar-refractivity contribution is 0.121. The van der Waals surface area contributed by atoms with Crippen LogP contribution in [0.1, 0.15) is 71.6 Å². The summed E-state index contributed by atoms with van der Waals surface area (Å²) in [5, 5.41) is 3.83. The molecule has 0 bridgehead atoms. The van der Waals surface area contributed by atoms with Gasteiger partial charge in [-0.25, -0.2) is 0 Å². The Morgan fingerprint density at radius 2 is 1.89 bits per heavy atom. The zero-order valence-electron chi connectivity index (χ0n) is 12.5. The van der Waals surface area contributed by atoms with Crippen molar-refractivity contribution in [1.82, 2.24) is 10.2 Å². The second kappa shape index (κ2) is 7.49. The standard InChI is InChI=1S/C16H32N2/c1-3-5-9-16(7-4-2)18-12-6-8-15(13-18)17-14-10-11-14/h14-17H,3-13H2,1-2H3. The van der Waals surface area contributed by atoms with Crippen LogP contribution in [0, 0.1) is 0 Å². The molecular weight excluding hydrogens is 220 g/mol. The molecule has 2 aliphatic rings. The van der Waals surface area contributed by atoms with Crippen molar-refractivity contribution in [2.45, 2.75) is 89.8 Å². The normalized spacial score (nSPS) is 27.3. The van der Waals surface area contributed by atoms with E-state index in [1.165, 1.54) is 70.9 Å². The molecule has 2 unspecified atom stereocenters. The smallest absolute Gasteiger partial charge is 0.0198 e. The highest BCUT2D eigenvalue weighted by Gasteiger charge is 2.29. The van der Waals surface area contributed by atoms with Crippen LogP contribution < -0.4 is 5.32 Å². The number of rotatable bonds is 8. The van der Waals surface area contributed by atoms with Crippen LogP contribution in [0.15, 0.2) is 0 Å². The largest absolute Gasteiger partial charge is 0.310 e. The Morgan fingerprint density at radius 1 is 1.06 bits per heavy atom. The summed E-state index contributed by atoms with van der Waals surface area (Å²) >= 11 is 0. The highest BCUT2D eigenvalue weighted by molar-refractivity contribution is 4.89. The Bertz CT molecular complexity index is 225. The Labute approximate surface area is 114 Å². The van der Waals surface area contributed by atoms with Gasteiger partial charge in [0, 0.05) is 24.7 Å². The van der Waals surface area contributed by atoms with Gasteiger partial charge in [-0.05, 0) is 45.1 Å².